The van der Waals surface area contributed by atoms with Crippen molar-refractivity contribution >= 4 is 17.7 Å². The average Bonchev–Trinajstić information content (AvgIpc) is 2.35. The molecule has 0 amide bonds. The molecule has 1 unspecified atom stereocenters. The molecule has 0 bridgehead atoms. The zero-order valence-electron chi connectivity index (χ0n) is 6.38. The predicted molar refractivity (Wildman–Crippen MR) is 46.8 cm³/mol. The number of thioether (sulfide) groups is 1. The molecule has 1 N–H and O–H groups in total. The molecule has 0 saturated carbocycles. The minimum Gasteiger partial charge on any atom is -0.481 e. The van der Waals surface area contributed by atoms with Crippen molar-refractivity contribution in [1.82, 2.24) is 0 Å². The summed E-state index contributed by atoms with van der Waals surface area (Å²) in [6.45, 7) is 3.78. The van der Waals surface area contributed by atoms with E-state index in [1.807, 2.05) is 11.8 Å². The van der Waals surface area contributed by atoms with Gasteiger partial charge in [0.2, 0.25) is 0 Å². The fourth-order valence-electron chi connectivity index (χ4n) is 1.20. The van der Waals surface area contributed by atoms with Gasteiger partial charge in [0.1, 0.15) is 0 Å². The summed E-state index contributed by atoms with van der Waals surface area (Å²) in [5.74, 6) is 1.91. The summed E-state index contributed by atoms with van der Waals surface area (Å²) in [5.41, 5.74) is 0.891. The smallest absolute Gasteiger partial charge is 0.307 e. The van der Waals surface area contributed by atoms with Crippen LogP contribution in [0.2, 0.25) is 0 Å². The molecular formula is C8H12O2S. The van der Waals surface area contributed by atoms with Gasteiger partial charge in [-0.15, -0.1) is 0 Å². The Balaban J connectivity index is 2.34. The van der Waals surface area contributed by atoms with Gasteiger partial charge in [0, 0.05) is 0 Å². The molecule has 0 aromatic heterocycles. The number of aliphatic carboxylic acids is 1. The Kier molecular flexibility index (Phi) is 3.00. The number of carboxylic acids is 1. The molecule has 0 aliphatic carbocycles. The Morgan fingerprint density at radius 1 is 1.73 bits per heavy atom. The van der Waals surface area contributed by atoms with Crippen molar-refractivity contribution in [2.24, 2.45) is 5.92 Å². The highest BCUT2D eigenvalue weighted by molar-refractivity contribution is 7.99. The maximum absolute atomic E-state index is 10.3. The van der Waals surface area contributed by atoms with Crippen LogP contribution in [0.1, 0.15) is 12.8 Å². The van der Waals surface area contributed by atoms with Crippen LogP contribution in [0.3, 0.4) is 0 Å². The van der Waals surface area contributed by atoms with E-state index in [1.54, 1.807) is 0 Å². The van der Waals surface area contributed by atoms with E-state index in [1.165, 1.54) is 0 Å². The third-order valence-corrected chi connectivity index (χ3v) is 3.05. The highest BCUT2D eigenvalue weighted by Crippen LogP contribution is 2.29. The molecule has 1 rings (SSSR count). The summed E-state index contributed by atoms with van der Waals surface area (Å²) in [6, 6.07) is 0. The van der Waals surface area contributed by atoms with Crippen LogP contribution in [-0.2, 0) is 4.79 Å². The first kappa shape index (κ1) is 8.65. The molecule has 62 valence electrons. The first-order chi connectivity index (χ1) is 5.20. The van der Waals surface area contributed by atoms with Crippen LogP contribution in [0.4, 0.5) is 0 Å². The van der Waals surface area contributed by atoms with E-state index in [0.717, 1.165) is 23.5 Å². The second-order valence-electron chi connectivity index (χ2n) is 2.79. The second kappa shape index (κ2) is 3.81. The lowest BCUT2D eigenvalue weighted by Crippen LogP contribution is -2.06. The van der Waals surface area contributed by atoms with Gasteiger partial charge in [-0.1, -0.05) is 12.2 Å². The zero-order valence-corrected chi connectivity index (χ0v) is 7.19. The van der Waals surface area contributed by atoms with Crippen molar-refractivity contribution in [2.75, 3.05) is 11.5 Å². The van der Waals surface area contributed by atoms with Crippen LogP contribution < -0.4 is 0 Å². The molecular weight excluding hydrogens is 160 g/mol. The summed E-state index contributed by atoms with van der Waals surface area (Å²) in [6.07, 6.45) is 1.25. The van der Waals surface area contributed by atoms with E-state index in [2.05, 4.69) is 6.58 Å². The fourth-order valence-corrected chi connectivity index (χ4v) is 2.50. The van der Waals surface area contributed by atoms with Crippen molar-refractivity contribution in [2.45, 2.75) is 12.8 Å². The van der Waals surface area contributed by atoms with Crippen LogP contribution in [0.25, 0.3) is 0 Å². The lowest BCUT2D eigenvalue weighted by molar-refractivity contribution is -0.136. The van der Waals surface area contributed by atoms with E-state index in [4.69, 9.17) is 5.11 Å². The fraction of sp³-hybridized carbons (Fsp3) is 0.625. The monoisotopic (exact) mass is 172 g/mol. The number of carboxylic acid groups (broad SMARTS) is 1. The number of rotatable bonds is 3. The Labute approximate surface area is 70.7 Å². The first-order valence-corrected chi connectivity index (χ1v) is 4.83. The molecule has 0 spiro atoms. The van der Waals surface area contributed by atoms with E-state index in [-0.39, 0.29) is 6.42 Å². The SMILES string of the molecule is C=C(CC(=O)O)C1CCSC1. The standard InChI is InChI=1S/C8H12O2S/c1-6(4-8(9)10)7-2-3-11-5-7/h7H,1-5H2,(H,9,10). The maximum atomic E-state index is 10.3. The average molecular weight is 172 g/mol. The summed E-state index contributed by atoms with van der Waals surface area (Å²) in [4.78, 5) is 10.3. The van der Waals surface area contributed by atoms with Crippen LogP contribution in [0.5, 0.6) is 0 Å². The molecule has 1 heterocycles. The summed E-state index contributed by atoms with van der Waals surface area (Å²) in [5, 5.41) is 8.48. The minimum atomic E-state index is -0.757. The molecule has 1 fully saturated rings. The Morgan fingerprint density at radius 3 is 2.91 bits per heavy atom. The highest BCUT2D eigenvalue weighted by Gasteiger charge is 2.19. The Hall–Kier alpha value is -0.440. The Bertz CT molecular complexity index is 171. The molecule has 1 saturated heterocycles. The molecule has 0 radical (unpaired) electrons. The normalized spacial score (nSPS) is 23.5. The zero-order chi connectivity index (χ0) is 8.27. The molecule has 2 nitrogen and oxygen atoms in total. The van der Waals surface area contributed by atoms with E-state index in [0.29, 0.717) is 5.92 Å². The van der Waals surface area contributed by atoms with E-state index >= 15 is 0 Å². The molecule has 11 heavy (non-hydrogen) atoms. The van der Waals surface area contributed by atoms with Gasteiger partial charge in [-0.2, -0.15) is 11.8 Å². The van der Waals surface area contributed by atoms with Crippen molar-refractivity contribution < 1.29 is 9.90 Å². The number of carbonyl (C=O) groups is 1. The van der Waals surface area contributed by atoms with E-state index in [9.17, 15) is 4.79 Å². The van der Waals surface area contributed by atoms with Crippen molar-refractivity contribution in [1.29, 1.82) is 0 Å². The summed E-state index contributed by atoms with van der Waals surface area (Å²) < 4.78 is 0. The highest BCUT2D eigenvalue weighted by atomic mass is 32.2. The van der Waals surface area contributed by atoms with Crippen molar-refractivity contribution in [3.8, 4) is 0 Å². The van der Waals surface area contributed by atoms with Gasteiger partial charge in [0.25, 0.3) is 0 Å². The van der Waals surface area contributed by atoms with Gasteiger partial charge >= 0.3 is 5.97 Å². The van der Waals surface area contributed by atoms with Crippen LogP contribution in [0.15, 0.2) is 12.2 Å². The molecule has 1 aliphatic heterocycles. The molecule has 0 aromatic rings. The first-order valence-electron chi connectivity index (χ1n) is 3.67. The lowest BCUT2D eigenvalue weighted by Gasteiger charge is -2.08. The third kappa shape index (κ3) is 2.58. The molecule has 0 aromatic carbocycles. The lowest BCUT2D eigenvalue weighted by atomic mass is 9.98. The van der Waals surface area contributed by atoms with Gasteiger partial charge in [0.05, 0.1) is 6.42 Å². The summed E-state index contributed by atoms with van der Waals surface area (Å²) in [7, 11) is 0. The van der Waals surface area contributed by atoms with Gasteiger partial charge in [-0.05, 0) is 23.8 Å². The maximum Gasteiger partial charge on any atom is 0.307 e. The van der Waals surface area contributed by atoms with Crippen LogP contribution in [-0.4, -0.2) is 22.6 Å². The molecule has 3 heteroatoms. The van der Waals surface area contributed by atoms with Gasteiger partial charge in [-0.3, -0.25) is 4.79 Å². The topological polar surface area (TPSA) is 37.3 Å². The third-order valence-electron chi connectivity index (χ3n) is 1.89. The summed E-state index contributed by atoms with van der Waals surface area (Å²) >= 11 is 1.88. The molecule has 1 aliphatic rings. The number of hydrogen-bond acceptors (Lipinski definition) is 2. The molecule has 1 atom stereocenters. The minimum absolute atomic E-state index is 0.144. The van der Waals surface area contributed by atoms with Crippen LogP contribution >= 0.6 is 11.8 Å². The predicted octanol–water partition coefficient (Wildman–Crippen LogP) is 1.77. The largest absolute Gasteiger partial charge is 0.481 e. The van der Waals surface area contributed by atoms with Gasteiger partial charge in [0.15, 0.2) is 0 Å². The van der Waals surface area contributed by atoms with Crippen molar-refractivity contribution in [3.05, 3.63) is 12.2 Å². The Morgan fingerprint density at radius 2 is 2.45 bits per heavy atom. The van der Waals surface area contributed by atoms with E-state index < -0.39 is 5.97 Å². The van der Waals surface area contributed by atoms with Crippen LogP contribution in [0, 0.1) is 5.92 Å². The quantitative estimate of drug-likeness (QED) is 0.659. The van der Waals surface area contributed by atoms with Crippen molar-refractivity contribution in [3.63, 3.8) is 0 Å². The van der Waals surface area contributed by atoms with Gasteiger partial charge in [-0.25, -0.2) is 0 Å². The number of hydrogen-bond donors (Lipinski definition) is 1. The van der Waals surface area contributed by atoms with Gasteiger partial charge < -0.3 is 5.11 Å². The second-order valence-corrected chi connectivity index (χ2v) is 3.94.